The first kappa shape index (κ1) is 18.5. The highest BCUT2D eigenvalue weighted by Crippen LogP contribution is 2.24. The number of ether oxygens (including phenoxy) is 1. The third kappa shape index (κ3) is 3.51. The van der Waals surface area contributed by atoms with Crippen molar-refractivity contribution in [3.8, 4) is 0 Å². The predicted octanol–water partition coefficient (Wildman–Crippen LogP) is 2.58. The summed E-state index contributed by atoms with van der Waals surface area (Å²) in [6, 6.07) is 12.4. The van der Waals surface area contributed by atoms with Gasteiger partial charge in [-0.1, -0.05) is 30.3 Å². The summed E-state index contributed by atoms with van der Waals surface area (Å²) in [6.45, 7) is 1.72. The van der Waals surface area contributed by atoms with Crippen molar-refractivity contribution in [1.29, 1.82) is 0 Å². The lowest BCUT2D eigenvalue weighted by atomic mass is 10.1. The van der Waals surface area contributed by atoms with Crippen LogP contribution in [0, 0.1) is 6.92 Å². The van der Waals surface area contributed by atoms with Crippen molar-refractivity contribution < 1.29 is 23.9 Å². The number of methoxy groups -OCH3 is 1. The maximum atomic E-state index is 11.8. The van der Waals surface area contributed by atoms with E-state index in [9.17, 15) is 19.2 Å². The van der Waals surface area contributed by atoms with E-state index in [1.165, 1.54) is 18.2 Å². The van der Waals surface area contributed by atoms with Gasteiger partial charge in [0.15, 0.2) is 5.78 Å². The summed E-state index contributed by atoms with van der Waals surface area (Å²) in [7, 11) is 1.21. The molecule has 138 valence electrons. The molecule has 6 heteroatoms. The number of ketones is 1. The maximum Gasteiger partial charge on any atom is 0.325 e. The van der Waals surface area contributed by atoms with E-state index in [1.54, 1.807) is 24.3 Å². The molecule has 0 bridgehead atoms. The second-order valence-corrected chi connectivity index (χ2v) is 6.34. The van der Waals surface area contributed by atoms with E-state index in [2.05, 4.69) is 17.7 Å². The lowest BCUT2D eigenvalue weighted by Gasteiger charge is -2.11. The van der Waals surface area contributed by atoms with Gasteiger partial charge in [0.1, 0.15) is 6.54 Å². The number of nitrogens with zero attached hydrogens (tertiary/aromatic N) is 1. The van der Waals surface area contributed by atoms with Gasteiger partial charge in [0, 0.05) is 12.0 Å². The third-order valence-corrected chi connectivity index (χ3v) is 4.71. The smallest absolute Gasteiger partial charge is 0.325 e. The lowest BCUT2D eigenvalue weighted by molar-refractivity contribution is -0.140. The van der Waals surface area contributed by atoms with Crippen LogP contribution in [0.15, 0.2) is 42.5 Å². The summed E-state index contributed by atoms with van der Waals surface area (Å²) in [5.41, 5.74) is 4.13. The predicted molar refractivity (Wildman–Crippen MR) is 97.7 cm³/mol. The van der Waals surface area contributed by atoms with Crippen molar-refractivity contribution in [3.63, 3.8) is 0 Å². The normalized spacial score (nSPS) is 14.4. The van der Waals surface area contributed by atoms with E-state index in [0.717, 1.165) is 16.9 Å². The molecular weight excluding hydrogens is 346 g/mol. The summed E-state index contributed by atoms with van der Waals surface area (Å²) >= 11 is 0. The van der Waals surface area contributed by atoms with Crippen molar-refractivity contribution in [2.75, 3.05) is 13.7 Å². The van der Waals surface area contributed by atoms with E-state index in [-0.39, 0.29) is 6.54 Å². The fourth-order valence-corrected chi connectivity index (χ4v) is 3.24. The van der Waals surface area contributed by atoms with Gasteiger partial charge in [0.25, 0.3) is 11.8 Å². The highest BCUT2D eigenvalue weighted by Gasteiger charge is 2.36. The van der Waals surface area contributed by atoms with Crippen LogP contribution in [0.2, 0.25) is 0 Å². The fourth-order valence-electron chi connectivity index (χ4n) is 3.24. The molecule has 2 aromatic rings. The van der Waals surface area contributed by atoms with Crippen LogP contribution >= 0.6 is 0 Å². The van der Waals surface area contributed by atoms with Crippen molar-refractivity contribution in [3.05, 3.63) is 70.3 Å². The van der Waals surface area contributed by atoms with Crippen LogP contribution in [-0.2, 0) is 16.0 Å². The van der Waals surface area contributed by atoms with Crippen LogP contribution in [0.4, 0.5) is 0 Å². The summed E-state index contributed by atoms with van der Waals surface area (Å²) in [5.74, 6) is -1.21. The molecule has 0 atom stereocenters. The Balaban J connectivity index is 0.000000166. The molecule has 0 saturated heterocycles. The summed E-state index contributed by atoms with van der Waals surface area (Å²) < 4.78 is 4.42. The molecule has 0 N–H and O–H groups in total. The number of esters is 1. The van der Waals surface area contributed by atoms with Crippen molar-refractivity contribution in [2.45, 2.75) is 19.8 Å². The molecule has 1 aliphatic carbocycles. The van der Waals surface area contributed by atoms with Gasteiger partial charge in [0.2, 0.25) is 0 Å². The zero-order valence-corrected chi connectivity index (χ0v) is 15.2. The quantitative estimate of drug-likeness (QED) is 0.604. The Morgan fingerprint density at radius 1 is 0.926 bits per heavy atom. The zero-order chi connectivity index (χ0) is 19.6. The van der Waals surface area contributed by atoms with Crippen molar-refractivity contribution >= 4 is 23.6 Å². The highest BCUT2D eigenvalue weighted by molar-refractivity contribution is 6.22. The number of carbonyl (C=O) groups is 4. The van der Waals surface area contributed by atoms with E-state index in [1.807, 2.05) is 12.1 Å². The minimum absolute atomic E-state index is 0.309. The Morgan fingerprint density at radius 3 is 2.07 bits per heavy atom. The van der Waals surface area contributed by atoms with Crippen LogP contribution < -0.4 is 0 Å². The number of carbonyl (C=O) groups excluding carboxylic acids is 4. The molecule has 0 aromatic heterocycles. The molecule has 27 heavy (non-hydrogen) atoms. The van der Waals surface area contributed by atoms with Crippen LogP contribution in [0.5, 0.6) is 0 Å². The lowest BCUT2D eigenvalue weighted by Crippen LogP contribution is -2.35. The Bertz CT molecular complexity index is 912. The summed E-state index contributed by atoms with van der Waals surface area (Å²) in [4.78, 5) is 46.7. The molecule has 6 nitrogen and oxygen atoms in total. The number of Topliss-reactive ketones (excluding diaryl/α,β-unsaturated/α-hetero) is 1. The molecule has 0 radical (unpaired) electrons. The average Bonchev–Trinajstić information content (AvgIpc) is 3.17. The topological polar surface area (TPSA) is 80.8 Å². The maximum absolute atomic E-state index is 11.8. The molecule has 2 aliphatic rings. The Morgan fingerprint density at radius 2 is 1.52 bits per heavy atom. The van der Waals surface area contributed by atoms with Crippen LogP contribution in [0.3, 0.4) is 0 Å². The highest BCUT2D eigenvalue weighted by atomic mass is 16.5. The number of aryl methyl sites for hydroxylation is 1. The largest absolute Gasteiger partial charge is 0.468 e. The van der Waals surface area contributed by atoms with E-state index < -0.39 is 17.8 Å². The number of rotatable bonds is 2. The summed E-state index contributed by atoms with van der Waals surface area (Å²) in [6.07, 6.45) is 1.65. The molecule has 1 aliphatic heterocycles. The minimum atomic E-state index is -0.616. The SMILES string of the molecule is COC(=O)CN1C(=O)c2ccccc2C1=O.Cc1cccc2c1CCC2=O. The molecule has 0 unspecified atom stereocenters. The van der Waals surface area contributed by atoms with Gasteiger partial charge in [0.05, 0.1) is 18.2 Å². The van der Waals surface area contributed by atoms with Crippen LogP contribution in [0.1, 0.15) is 48.6 Å². The number of fused-ring (bicyclic) bond motifs is 2. The van der Waals surface area contributed by atoms with Gasteiger partial charge >= 0.3 is 5.97 Å². The molecule has 1 heterocycles. The molecule has 0 fully saturated rings. The minimum Gasteiger partial charge on any atom is -0.468 e. The van der Waals surface area contributed by atoms with Gasteiger partial charge in [-0.05, 0) is 36.6 Å². The first-order valence-corrected chi connectivity index (χ1v) is 8.57. The van der Waals surface area contributed by atoms with Gasteiger partial charge in [-0.15, -0.1) is 0 Å². The summed E-state index contributed by atoms with van der Waals surface area (Å²) in [5, 5.41) is 0. The van der Waals surface area contributed by atoms with E-state index in [4.69, 9.17) is 0 Å². The fraction of sp³-hybridized carbons (Fsp3) is 0.238. The zero-order valence-electron chi connectivity index (χ0n) is 15.2. The van der Waals surface area contributed by atoms with Crippen molar-refractivity contribution in [1.82, 2.24) is 4.90 Å². The molecule has 0 spiro atoms. The standard InChI is InChI=1S/C11H9NO4.C10H10O/c1-16-9(13)6-12-10(14)7-4-2-3-5-8(7)11(12)15;1-7-3-2-4-9-8(7)5-6-10(9)11/h2-5H,6H2,1H3;2-4H,5-6H2,1H3. The van der Waals surface area contributed by atoms with Gasteiger partial charge in [-0.25, -0.2) is 0 Å². The number of amides is 2. The third-order valence-electron chi connectivity index (χ3n) is 4.71. The Hall–Kier alpha value is -3.28. The van der Waals surface area contributed by atoms with Crippen LogP contribution in [-0.4, -0.2) is 42.1 Å². The van der Waals surface area contributed by atoms with Crippen molar-refractivity contribution in [2.24, 2.45) is 0 Å². The first-order chi connectivity index (χ1) is 12.9. The van der Waals surface area contributed by atoms with Crippen LogP contribution in [0.25, 0.3) is 0 Å². The molecule has 4 rings (SSSR count). The number of hydrogen-bond donors (Lipinski definition) is 0. The van der Waals surface area contributed by atoms with Gasteiger partial charge < -0.3 is 4.74 Å². The first-order valence-electron chi connectivity index (χ1n) is 8.57. The molecule has 2 amide bonds. The molecular formula is C21H19NO5. The second-order valence-electron chi connectivity index (χ2n) is 6.34. The van der Waals surface area contributed by atoms with Gasteiger partial charge in [-0.2, -0.15) is 0 Å². The van der Waals surface area contributed by atoms with E-state index in [0.29, 0.717) is 23.3 Å². The van der Waals surface area contributed by atoms with Gasteiger partial charge in [-0.3, -0.25) is 24.1 Å². The Labute approximate surface area is 156 Å². The second kappa shape index (κ2) is 7.53. The number of imide groups is 1. The monoisotopic (exact) mass is 365 g/mol. The number of hydrogen-bond acceptors (Lipinski definition) is 5. The molecule has 0 saturated carbocycles. The number of benzene rings is 2. The average molecular weight is 365 g/mol. The Kier molecular flexibility index (Phi) is 5.16. The van der Waals surface area contributed by atoms with E-state index >= 15 is 0 Å². The molecule has 2 aromatic carbocycles.